The molecule has 0 saturated carbocycles. The molecule has 1 N–H and O–H groups in total. The molecule has 1 saturated heterocycles. The van der Waals surface area contributed by atoms with Crippen LogP contribution in [-0.2, 0) is 4.79 Å². The van der Waals surface area contributed by atoms with Crippen molar-refractivity contribution < 1.29 is 4.79 Å². The molecule has 0 aromatic heterocycles. The summed E-state index contributed by atoms with van der Waals surface area (Å²) in [6, 6.07) is 16.2. The lowest BCUT2D eigenvalue weighted by atomic mass is 9.79. The van der Waals surface area contributed by atoms with Gasteiger partial charge in [0.15, 0.2) is 5.17 Å². The summed E-state index contributed by atoms with van der Waals surface area (Å²) in [5.74, 6) is 0.396. The lowest BCUT2D eigenvalue weighted by Gasteiger charge is -2.47. The molecule has 5 heteroatoms. The van der Waals surface area contributed by atoms with Crippen LogP contribution in [0.1, 0.15) is 51.2 Å². The maximum Gasteiger partial charge on any atom is 0.264 e. The summed E-state index contributed by atoms with van der Waals surface area (Å²) in [5.41, 5.74) is 4.73. The molecule has 0 spiro atoms. The largest absolute Gasteiger partial charge is 0.366 e. The van der Waals surface area contributed by atoms with E-state index in [1.165, 1.54) is 23.0 Å². The average Bonchev–Trinajstić information content (AvgIpc) is 3.01. The highest BCUT2D eigenvalue weighted by molar-refractivity contribution is 8.18. The molecule has 2 aromatic rings. The molecule has 1 fully saturated rings. The number of thioether (sulfide) groups is 1. The molecule has 1 atom stereocenters. The van der Waals surface area contributed by atoms with Crippen LogP contribution in [0.15, 0.2) is 58.4 Å². The monoisotopic (exact) mass is 405 g/mol. The molecule has 1 amide bonds. The van der Waals surface area contributed by atoms with Crippen LogP contribution >= 0.6 is 11.8 Å². The maximum atomic E-state index is 12.4. The number of aliphatic imine (C=N–C) groups is 1. The third kappa shape index (κ3) is 3.97. The lowest BCUT2D eigenvalue weighted by molar-refractivity contribution is -0.115. The fourth-order valence-electron chi connectivity index (χ4n) is 4.45. The Morgan fingerprint density at radius 1 is 1.24 bits per heavy atom. The van der Waals surface area contributed by atoms with Gasteiger partial charge in [-0.1, -0.05) is 31.2 Å². The van der Waals surface area contributed by atoms with Crippen LogP contribution in [0.4, 0.5) is 11.4 Å². The number of carbonyl (C=O) groups excluding carboxylic acids is 1. The van der Waals surface area contributed by atoms with Crippen LogP contribution in [0, 0.1) is 0 Å². The quantitative estimate of drug-likeness (QED) is 0.667. The molecule has 1 unspecified atom stereocenters. The van der Waals surface area contributed by atoms with E-state index in [0.717, 1.165) is 24.2 Å². The van der Waals surface area contributed by atoms with E-state index < -0.39 is 0 Å². The fourth-order valence-corrected chi connectivity index (χ4v) is 5.29. The van der Waals surface area contributed by atoms with Crippen molar-refractivity contribution in [3.8, 4) is 0 Å². The third-order valence-corrected chi connectivity index (χ3v) is 6.57. The van der Waals surface area contributed by atoms with Gasteiger partial charge in [-0.05, 0) is 86.3 Å². The second-order valence-corrected chi connectivity index (χ2v) is 9.33. The second kappa shape index (κ2) is 7.71. The van der Waals surface area contributed by atoms with Crippen molar-refractivity contribution in [3.05, 3.63) is 64.6 Å². The Balaban J connectivity index is 1.62. The highest BCUT2D eigenvalue weighted by Crippen LogP contribution is 2.43. The molecule has 4 rings (SSSR count). The molecule has 2 aliphatic heterocycles. The third-order valence-electron chi connectivity index (χ3n) is 5.66. The topological polar surface area (TPSA) is 44.7 Å². The Morgan fingerprint density at radius 2 is 2.00 bits per heavy atom. The smallest absolute Gasteiger partial charge is 0.264 e. The standard InChI is InChI=1S/C24H27N3OS/c1-5-27-20-12-11-17(13-19(20)16(2)15-24(27,3)4)14-21-22(28)26-23(29-21)25-18-9-7-6-8-10-18/h6-14,16H,5,15H2,1-4H3,(H,25,26,28)/b21-14+. The second-order valence-electron chi connectivity index (χ2n) is 8.30. The zero-order chi connectivity index (χ0) is 20.6. The molecule has 2 aromatic carbocycles. The van der Waals surface area contributed by atoms with E-state index in [-0.39, 0.29) is 11.4 Å². The van der Waals surface area contributed by atoms with Crippen molar-refractivity contribution in [2.75, 3.05) is 11.4 Å². The van der Waals surface area contributed by atoms with Gasteiger partial charge in [0, 0.05) is 17.8 Å². The Kier molecular flexibility index (Phi) is 5.26. The zero-order valence-corrected chi connectivity index (χ0v) is 18.2. The Labute approximate surface area is 177 Å². The van der Waals surface area contributed by atoms with Gasteiger partial charge < -0.3 is 10.2 Å². The molecule has 29 heavy (non-hydrogen) atoms. The van der Waals surface area contributed by atoms with E-state index in [0.29, 0.717) is 16.0 Å². The number of hydrogen-bond acceptors (Lipinski definition) is 4. The summed E-state index contributed by atoms with van der Waals surface area (Å²) in [6.07, 6.45) is 3.09. The van der Waals surface area contributed by atoms with E-state index in [1.54, 1.807) is 0 Å². The van der Waals surface area contributed by atoms with Gasteiger partial charge in [0.25, 0.3) is 5.91 Å². The summed E-state index contributed by atoms with van der Waals surface area (Å²) < 4.78 is 0. The number of rotatable bonds is 3. The van der Waals surface area contributed by atoms with Crippen molar-refractivity contribution in [2.24, 2.45) is 4.99 Å². The number of nitrogens with one attached hydrogen (secondary N) is 1. The predicted molar refractivity (Wildman–Crippen MR) is 124 cm³/mol. The maximum absolute atomic E-state index is 12.4. The summed E-state index contributed by atoms with van der Waals surface area (Å²) in [5, 5.41) is 3.49. The van der Waals surface area contributed by atoms with Gasteiger partial charge in [0.1, 0.15) is 0 Å². The number of anilines is 1. The molecular weight excluding hydrogens is 378 g/mol. The van der Waals surface area contributed by atoms with E-state index >= 15 is 0 Å². The number of hydrogen-bond donors (Lipinski definition) is 1. The molecule has 4 nitrogen and oxygen atoms in total. The minimum atomic E-state index is -0.0910. The summed E-state index contributed by atoms with van der Waals surface area (Å²) in [4.78, 5) is 20.1. The number of benzene rings is 2. The van der Waals surface area contributed by atoms with E-state index in [1.807, 2.05) is 36.4 Å². The summed E-state index contributed by atoms with van der Waals surface area (Å²) >= 11 is 1.39. The molecule has 150 valence electrons. The van der Waals surface area contributed by atoms with E-state index in [9.17, 15) is 4.79 Å². The van der Waals surface area contributed by atoms with Gasteiger partial charge in [-0.3, -0.25) is 4.79 Å². The Morgan fingerprint density at radius 3 is 2.72 bits per heavy atom. The molecule has 0 radical (unpaired) electrons. The van der Waals surface area contributed by atoms with Gasteiger partial charge in [-0.2, -0.15) is 0 Å². The molecule has 0 aliphatic carbocycles. The first-order valence-corrected chi connectivity index (χ1v) is 11.0. The minimum absolute atomic E-state index is 0.0910. The van der Waals surface area contributed by atoms with Gasteiger partial charge in [0.05, 0.1) is 10.6 Å². The average molecular weight is 406 g/mol. The van der Waals surface area contributed by atoms with Crippen molar-refractivity contribution >= 4 is 40.3 Å². The molecule has 2 aliphatic rings. The van der Waals surface area contributed by atoms with E-state index in [4.69, 9.17) is 0 Å². The first kappa shape index (κ1) is 19.8. The Hall–Kier alpha value is -2.53. The Bertz CT molecular complexity index is 994. The number of carbonyl (C=O) groups is 1. The van der Waals surface area contributed by atoms with Crippen LogP contribution in [0.3, 0.4) is 0 Å². The van der Waals surface area contributed by atoms with Crippen LogP contribution in [0.2, 0.25) is 0 Å². The van der Waals surface area contributed by atoms with Crippen LogP contribution in [-0.4, -0.2) is 23.2 Å². The van der Waals surface area contributed by atoms with Gasteiger partial charge in [0.2, 0.25) is 0 Å². The lowest BCUT2D eigenvalue weighted by Crippen LogP contribution is -2.48. The van der Waals surface area contributed by atoms with E-state index in [2.05, 4.69) is 61.1 Å². The number of amides is 1. The predicted octanol–water partition coefficient (Wildman–Crippen LogP) is 5.69. The highest BCUT2D eigenvalue weighted by Gasteiger charge is 2.35. The number of fused-ring (bicyclic) bond motifs is 1. The van der Waals surface area contributed by atoms with Crippen LogP contribution in [0.5, 0.6) is 0 Å². The van der Waals surface area contributed by atoms with Crippen LogP contribution < -0.4 is 10.2 Å². The minimum Gasteiger partial charge on any atom is -0.366 e. The van der Waals surface area contributed by atoms with Gasteiger partial charge in [-0.25, -0.2) is 4.99 Å². The number of nitrogens with zero attached hydrogens (tertiary/aromatic N) is 2. The first-order chi connectivity index (χ1) is 13.9. The van der Waals surface area contributed by atoms with Crippen molar-refractivity contribution in [1.82, 2.24) is 5.32 Å². The summed E-state index contributed by atoms with van der Waals surface area (Å²) in [7, 11) is 0. The summed E-state index contributed by atoms with van der Waals surface area (Å²) in [6.45, 7) is 10.1. The zero-order valence-electron chi connectivity index (χ0n) is 17.4. The number of para-hydroxylation sites is 1. The van der Waals surface area contributed by atoms with Crippen molar-refractivity contribution in [2.45, 2.75) is 45.6 Å². The highest BCUT2D eigenvalue weighted by atomic mass is 32.2. The number of amidine groups is 1. The fraction of sp³-hybridized carbons (Fsp3) is 0.333. The van der Waals surface area contributed by atoms with Crippen molar-refractivity contribution in [1.29, 1.82) is 0 Å². The molecule has 0 bridgehead atoms. The van der Waals surface area contributed by atoms with Crippen LogP contribution in [0.25, 0.3) is 6.08 Å². The normalized spacial score (nSPS) is 23.4. The van der Waals surface area contributed by atoms with Gasteiger partial charge >= 0.3 is 0 Å². The SMILES string of the molecule is CCN1c2ccc(/C=C3/SC(=Nc4ccccc4)NC3=O)cc2C(C)CC1(C)C. The molecular formula is C24H27N3OS. The molecule has 2 heterocycles. The van der Waals surface area contributed by atoms with Gasteiger partial charge in [-0.15, -0.1) is 0 Å². The van der Waals surface area contributed by atoms with Crippen molar-refractivity contribution in [3.63, 3.8) is 0 Å². The first-order valence-electron chi connectivity index (χ1n) is 10.1.